The number of piperazine rings is 1. The van der Waals surface area contributed by atoms with Gasteiger partial charge in [-0.2, -0.15) is 0 Å². The second-order valence-corrected chi connectivity index (χ2v) is 5.18. The van der Waals surface area contributed by atoms with Crippen molar-refractivity contribution in [2.75, 3.05) is 19.6 Å². The van der Waals surface area contributed by atoms with E-state index in [4.69, 9.17) is 0 Å². The third-order valence-corrected chi connectivity index (χ3v) is 3.53. The van der Waals surface area contributed by atoms with Gasteiger partial charge >= 0.3 is 0 Å². The van der Waals surface area contributed by atoms with E-state index in [2.05, 4.69) is 21.2 Å². The Hall–Kier alpha value is -0.720. The highest BCUT2D eigenvalue weighted by atomic mass is 79.9. The summed E-state index contributed by atoms with van der Waals surface area (Å²) in [6.07, 6.45) is 0. The lowest BCUT2D eigenvalue weighted by Crippen LogP contribution is -2.51. The number of halogens is 4. The summed E-state index contributed by atoms with van der Waals surface area (Å²) in [4.78, 5) is 13.6. The van der Waals surface area contributed by atoms with Gasteiger partial charge in [-0.25, -0.2) is 8.78 Å². The minimum Gasteiger partial charge on any atom is -0.336 e. The molecule has 7 heteroatoms. The Balaban J connectivity index is 0.00000180. The molecule has 106 valence electrons. The van der Waals surface area contributed by atoms with Crippen LogP contribution in [0.2, 0.25) is 0 Å². The van der Waals surface area contributed by atoms with Crippen molar-refractivity contribution in [3.05, 3.63) is 33.8 Å². The molecule has 0 spiro atoms. The lowest BCUT2D eigenvalue weighted by atomic mass is 10.1. The van der Waals surface area contributed by atoms with Crippen LogP contribution < -0.4 is 5.32 Å². The second kappa shape index (κ2) is 6.63. The molecule has 0 aliphatic carbocycles. The number of hydrogen-bond donors (Lipinski definition) is 1. The maximum absolute atomic E-state index is 13.8. The summed E-state index contributed by atoms with van der Waals surface area (Å²) in [5, 5.41) is 3.17. The Labute approximate surface area is 124 Å². The Morgan fingerprint density at radius 3 is 2.79 bits per heavy atom. The van der Waals surface area contributed by atoms with Crippen molar-refractivity contribution in [1.82, 2.24) is 10.2 Å². The van der Waals surface area contributed by atoms with Crippen LogP contribution in [0.4, 0.5) is 8.78 Å². The van der Waals surface area contributed by atoms with Crippen LogP contribution in [-0.2, 0) is 0 Å². The molecule has 1 atom stereocenters. The van der Waals surface area contributed by atoms with Crippen molar-refractivity contribution in [3.63, 3.8) is 0 Å². The predicted octanol–water partition coefficient (Wildman–Crippen LogP) is 2.58. The van der Waals surface area contributed by atoms with Crippen LogP contribution in [0, 0.1) is 11.6 Å². The summed E-state index contributed by atoms with van der Waals surface area (Å²) < 4.78 is 27.5. The minimum atomic E-state index is -0.841. The number of nitrogens with zero attached hydrogens (tertiary/aromatic N) is 1. The number of amides is 1. The summed E-state index contributed by atoms with van der Waals surface area (Å²) in [6.45, 7) is 3.45. The van der Waals surface area contributed by atoms with Crippen LogP contribution in [0.15, 0.2) is 16.6 Å². The lowest BCUT2D eigenvalue weighted by molar-refractivity contribution is 0.0699. The maximum Gasteiger partial charge on any atom is 0.259 e. The zero-order chi connectivity index (χ0) is 13.3. The van der Waals surface area contributed by atoms with E-state index in [9.17, 15) is 13.6 Å². The Bertz CT molecular complexity index is 487. The Morgan fingerprint density at radius 2 is 2.16 bits per heavy atom. The normalized spacial score (nSPS) is 18.9. The van der Waals surface area contributed by atoms with Crippen molar-refractivity contribution in [1.29, 1.82) is 0 Å². The number of rotatable bonds is 1. The molecule has 1 saturated heterocycles. The molecule has 2 rings (SSSR count). The molecule has 1 fully saturated rings. The van der Waals surface area contributed by atoms with E-state index in [0.29, 0.717) is 19.6 Å². The number of benzene rings is 1. The van der Waals surface area contributed by atoms with Crippen LogP contribution in [0.1, 0.15) is 17.3 Å². The average molecular weight is 356 g/mol. The molecule has 1 N–H and O–H groups in total. The van der Waals surface area contributed by atoms with Crippen LogP contribution in [-0.4, -0.2) is 36.5 Å². The van der Waals surface area contributed by atoms with Crippen molar-refractivity contribution >= 4 is 34.2 Å². The van der Waals surface area contributed by atoms with Gasteiger partial charge in [0.1, 0.15) is 11.4 Å². The first-order valence-electron chi connectivity index (χ1n) is 5.67. The maximum atomic E-state index is 13.8. The molecule has 1 aromatic rings. The Kier molecular flexibility index (Phi) is 5.70. The van der Waals surface area contributed by atoms with E-state index in [1.807, 2.05) is 6.92 Å². The summed E-state index contributed by atoms with van der Waals surface area (Å²) in [5.41, 5.74) is -0.488. The largest absolute Gasteiger partial charge is 0.336 e. The molecule has 3 nitrogen and oxygen atoms in total. The molecule has 19 heavy (non-hydrogen) atoms. The van der Waals surface area contributed by atoms with Crippen molar-refractivity contribution in [2.24, 2.45) is 0 Å². The monoisotopic (exact) mass is 354 g/mol. The van der Waals surface area contributed by atoms with Crippen LogP contribution in [0.25, 0.3) is 0 Å². The molecule has 1 aromatic carbocycles. The first-order chi connectivity index (χ1) is 8.50. The van der Waals surface area contributed by atoms with Gasteiger partial charge in [-0.3, -0.25) is 4.79 Å². The molecule has 0 radical (unpaired) electrons. The molecule has 0 aromatic heterocycles. The number of hydrogen-bond acceptors (Lipinski definition) is 2. The van der Waals surface area contributed by atoms with Gasteiger partial charge in [0.15, 0.2) is 5.82 Å². The molecule has 0 saturated carbocycles. The molecule has 1 aliphatic heterocycles. The van der Waals surface area contributed by atoms with Gasteiger partial charge in [-0.15, -0.1) is 12.4 Å². The number of carbonyl (C=O) groups is 1. The van der Waals surface area contributed by atoms with Crippen LogP contribution in [0.3, 0.4) is 0 Å². The molecule has 0 bridgehead atoms. The number of carbonyl (C=O) groups excluding carboxylic acids is 1. The van der Waals surface area contributed by atoms with Gasteiger partial charge in [0.05, 0.1) is 4.47 Å². The highest BCUT2D eigenvalue weighted by Crippen LogP contribution is 2.23. The molecular formula is C12H14BrClF2N2O. The van der Waals surface area contributed by atoms with Gasteiger partial charge in [0.2, 0.25) is 0 Å². The van der Waals surface area contributed by atoms with Crippen LogP contribution >= 0.6 is 28.3 Å². The predicted molar refractivity (Wildman–Crippen MR) is 74.7 cm³/mol. The van der Waals surface area contributed by atoms with Crippen molar-refractivity contribution in [2.45, 2.75) is 13.0 Å². The van der Waals surface area contributed by atoms with E-state index < -0.39 is 23.1 Å². The van der Waals surface area contributed by atoms with Gasteiger partial charge in [-0.05, 0) is 35.0 Å². The summed E-state index contributed by atoms with van der Waals surface area (Å²) in [7, 11) is 0. The second-order valence-electron chi connectivity index (χ2n) is 4.32. The first-order valence-corrected chi connectivity index (χ1v) is 6.46. The topological polar surface area (TPSA) is 32.3 Å². The molecule has 0 unspecified atom stereocenters. The quantitative estimate of drug-likeness (QED) is 0.785. The summed E-state index contributed by atoms with van der Waals surface area (Å²) in [5.74, 6) is -2.27. The fraction of sp³-hybridized carbons (Fsp3) is 0.417. The van der Waals surface area contributed by atoms with E-state index >= 15 is 0 Å². The van der Waals surface area contributed by atoms with E-state index in [-0.39, 0.29) is 22.9 Å². The van der Waals surface area contributed by atoms with Crippen molar-refractivity contribution < 1.29 is 13.6 Å². The van der Waals surface area contributed by atoms with Crippen LogP contribution in [0.5, 0.6) is 0 Å². The smallest absolute Gasteiger partial charge is 0.259 e. The van der Waals surface area contributed by atoms with E-state index in [1.165, 1.54) is 11.0 Å². The minimum absolute atomic E-state index is 0. The molecule has 1 amide bonds. The molecular weight excluding hydrogens is 341 g/mol. The SMILES string of the molecule is C[C@H]1CN(C(=O)c2c(F)ccc(Br)c2F)CCN1.Cl. The molecule has 1 aliphatic rings. The van der Waals surface area contributed by atoms with E-state index in [1.54, 1.807) is 0 Å². The third kappa shape index (κ3) is 3.43. The fourth-order valence-electron chi connectivity index (χ4n) is 2.00. The van der Waals surface area contributed by atoms with E-state index in [0.717, 1.165) is 6.07 Å². The Morgan fingerprint density at radius 1 is 1.47 bits per heavy atom. The lowest BCUT2D eigenvalue weighted by Gasteiger charge is -2.32. The van der Waals surface area contributed by atoms with Crippen molar-refractivity contribution in [3.8, 4) is 0 Å². The summed E-state index contributed by atoms with van der Waals surface area (Å²) >= 11 is 2.96. The highest BCUT2D eigenvalue weighted by molar-refractivity contribution is 9.10. The average Bonchev–Trinajstić information content (AvgIpc) is 2.34. The highest BCUT2D eigenvalue weighted by Gasteiger charge is 2.27. The van der Waals surface area contributed by atoms with Gasteiger partial charge < -0.3 is 10.2 Å². The number of nitrogens with one attached hydrogen (secondary N) is 1. The molecule has 1 heterocycles. The fourth-order valence-corrected chi connectivity index (χ4v) is 2.33. The first kappa shape index (κ1) is 16.3. The van der Waals surface area contributed by atoms with Gasteiger partial charge in [0.25, 0.3) is 5.91 Å². The van der Waals surface area contributed by atoms with Gasteiger partial charge in [-0.1, -0.05) is 0 Å². The van der Waals surface area contributed by atoms with Gasteiger partial charge in [0, 0.05) is 25.7 Å². The zero-order valence-electron chi connectivity index (χ0n) is 10.3. The zero-order valence-corrected chi connectivity index (χ0v) is 12.7. The standard InChI is InChI=1S/C12H13BrF2N2O.ClH/c1-7-6-17(5-4-16-7)12(18)10-9(14)3-2-8(13)11(10)15;/h2-3,7,16H,4-6H2,1H3;1H/t7-;/m0./s1. The summed E-state index contributed by atoms with van der Waals surface area (Å²) in [6, 6.07) is 2.47. The third-order valence-electron chi connectivity index (χ3n) is 2.91.